The van der Waals surface area contributed by atoms with Gasteiger partial charge in [0.2, 0.25) is 0 Å². The van der Waals surface area contributed by atoms with Gasteiger partial charge in [-0.25, -0.2) is 0 Å². The molecule has 0 saturated carbocycles. The molecule has 0 aliphatic carbocycles. The van der Waals surface area contributed by atoms with Gasteiger partial charge in [0.25, 0.3) is 5.78 Å². The van der Waals surface area contributed by atoms with Gasteiger partial charge in [-0.15, -0.1) is 0 Å². The molecular weight excluding hydrogens is 334 g/mol. The van der Waals surface area contributed by atoms with Crippen LogP contribution in [0, 0.1) is 6.92 Å². The molecule has 0 atom stereocenters. The third-order valence-corrected chi connectivity index (χ3v) is 3.01. The van der Waals surface area contributed by atoms with E-state index in [1.165, 1.54) is 0 Å². The van der Waals surface area contributed by atoms with Crippen LogP contribution in [0.5, 0.6) is 0 Å². The molecule has 0 radical (unpaired) electrons. The summed E-state index contributed by atoms with van der Waals surface area (Å²) in [5.74, 6) is -1.95. The van der Waals surface area contributed by atoms with Crippen LogP contribution in [0.25, 0.3) is 0 Å². The topological polar surface area (TPSA) is 29.1 Å². The Bertz CT molecular complexity index is 500. The standard InChI is InChI=1S/C11H8BrClF3NO/c1-6-2-3-7(4-9(6)13)17-5-8(12)10(18)11(14,15)16/h2-5,17H,1H3. The lowest BCUT2D eigenvalue weighted by molar-refractivity contribution is -0.165. The summed E-state index contributed by atoms with van der Waals surface area (Å²) in [6.45, 7) is 1.80. The molecule has 0 spiro atoms. The van der Waals surface area contributed by atoms with Crippen molar-refractivity contribution in [3.05, 3.63) is 39.5 Å². The Balaban J connectivity index is 2.80. The van der Waals surface area contributed by atoms with Crippen molar-refractivity contribution in [2.24, 2.45) is 0 Å². The van der Waals surface area contributed by atoms with Gasteiger partial charge < -0.3 is 5.32 Å². The molecule has 0 heterocycles. The van der Waals surface area contributed by atoms with Gasteiger partial charge in [-0.05, 0) is 40.5 Å². The number of ketones is 1. The van der Waals surface area contributed by atoms with Gasteiger partial charge in [0.05, 0.1) is 4.48 Å². The molecule has 0 aromatic heterocycles. The van der Waals surface area contributed by atoms with Crippen molar-refractivity contribution in [2.45, 2.75) is 13.1 Å². The van der Waals surface area contributed by atoms with E-state index in [0.29, 0.717) is 10.7 Å². The summed E-state index contributed by atoms with van der Waals surface area (Å²) in [6.07, 6.45) is -3.97. The molecule has 18 heavy (non-hydrogen) atoms. The minimum Gasteiger partial charge on any atom is -0.360 e. The zero-order valence-electron chi connectivity index (χ0n) is 9.11. The minimum atomic E-state index is -4.90. The molecule has 0 aliphatic rings. The molecule has 0 bridgehead atoms. The average molecular weight is 343 g/mol. The number of aryl methyl sites for hydroxylation is 1. The zero-order chi connectivity index (χ0) is 13.9. The maximum absolute atomic E-state index is 12.1. The smallest absolute Gasteiger partial charge is 0.360 e. The van der Waals surface area contributed by atoms with Gasteiger partial charge in [-0.3, -0.25) is 4.79 Å². The Morgan fingerprint density at radius 1 is 1.44 bits per heavy atom. The molecule has 98 valence electrons. The number of allylic oxidation sites excluding steroid dienone is 1. The number of halogens is 5. The molecule has 0 unspecified atom stereocenters. The van der Waals surface area contributed by atoms with Crippen LogP contribution in [0.15, 0.2) is 28.9 Å². The van der Waals surface area contributed by atoms with E-state index >= 15 is 0 Å². The largest absolute Gasteiger partial charge is 0.455 e. The van der Waals surface area contributed by atoms with E-state index in [9.17, 15) is 18.0 Å². The molecule has 1 N–H and O–H groups in total. The number of hydrogen-bond donors (Lipinski definition) is 1. The third kappa shape index (κ3) is 4.03. The van der Waals surface area contributed by atoms with Crippen molar-refractivity contribution in [3.63, 3.8) is 0 Å². The van der Waals surface area contributed by atoms with Gasteiger partial charge in [-0.1, -0.05) is 17.7 Å². The number of Topliss-reactive ketones (excluding diaryl/α,β-unsaturated/α-hetero) is 1. The Hall–Kier alpha value is -1.01. The molecular formula is C11H8BrClF3NO. The molecule has 0 saturated heterocycles. The van der Waals surface area contributed by atoms with Gasteiger partial charge in [0.1, 0.15) is 0 Å². The molecule has 0 amide bonds. The van der Waals surface area contributed by atoms with Crippen LogP contribution in [0.3, 0.4) is 0 Å². The van der Waals surface area contributed by atoms with Crippen molar-refractivity contribution in [1.82, 2.24) is 0 Å². The second kappa shape index (κ2) is 5.75. The molecule has 0 aliphatic heterocycles. The normalized spacial score (nSPS) is 12.4. The van der Waals surface area contributed by atoms with Crippen molar-refractivity contribution < 1.29 is 18.0 Å². The summed E-state index contributed by atoms with van der Waals surface area (Å²) in [4.78, 5) is 10.8. The van der Waals surface area contributed by atoms with Crippen LogP contribution in [0.4, 0.5) is 18.9 Å². The van der Waals surface area contributed by atoms with Gasteiger partial charge in [-0.2, -0.15) is 13.2 Å². The van der Waals surface area contributed by atoms with Crippen LogP contribution in [-0.4, -0.2) is 12.0 Å². The van der Waals surface area contributed by atoms with Crippen molar-refractivity contribution >= 4 is 39.0 Å². The lowest BCUT2D eigenvalue weighted by atomic mass is 10.2. The van der Waals surface area contributed by atoms with E-state index in [4.69, 9.17) is 11.6 Å². The van der Waals surface area contributed by atoms with E-state index < -0.39 is 16.4 Å². The van der Waals surface area contributed by atoms with Gasteiger partial charge in [0, 0.05) is 16.9 Å². The highest BCUT2D eigenvalue weighted by Gasteiger charge is 2.39. The monoisotopic (exact) mass is 341 g/mol. The van der Waals surface area contributed by atoms with Crippen LogP contribution in [0.1, 0.15) is 5.56 Å². The number of hydrogen-bond acceptors (Lipinski definition) is 2. The first kappa shape index (κ1) is 15.0. The third-order valence-electron chi connectivity index (χ3n) is 2.01. The number of carbonyl (C=O) groups is 1. The van der Waals surface area contributed by atoms with Crippen molar-refractivity contribution in [3.8, 4) is 0 Å². The molecule has 1 rings (SSSR count). The fraction of sp³-hybridized carbons (Fsp3) is 0.182. The van der Waals surface area contributed by atoms with E-state index in [1.54, 1.807) is 25.1 Å². The second-order valence-corrected chi connectivity index (χ2v) is 4.69. The van der Waals surface area contributed by atoms with E-state index in [0.717, 1.165) is 11.8 Å². The first-order valence-electron chi connectivity index (χ1n) is 4.71. The molecule has 1 aromatic rings. The number of rotatable bonds is 3. The first-order valence-corrected chi connectivity index (χ1v) is 5.89. The lowest BCUT2D eigenvalue weighted by Gasteiger charge is -2.06. The Morgan fingerprint density at radius 2 is 2.06 bits per heavy atom. The molecule has 7 heteroatoms. The number of alkyl halides is 3. The fourth-order valence-electron chi connectivity index (χ4n) is 1.03. The highest BCUT2D eigenvalue weighted by molar-refractivity contribution is 9.12. The maximum Gasteiger partial charge on any atom is 0.455 e. The SMILES string of the molecule is Cc1ccc(NC=C(Br)C(=O)C(F)(F)F)cc1Cl. The molecule has 2 nitrogen and oxygen atoms in total. The number of carbonyl (C=O) groups excluding carboxylic acids is 1. The van der Waals surface area contributed by atoms with E-state index in [-0.39, 0.29) is 0 Å². The summed E-state index contributed by atoms with van der Waals surface area (Å²) in [5, 5.41) is 3.03. The van der Waals surface area contributed by atoms with Gasteiger partial charge in [0.15, 0.2) is 0 Å². The lowest BCUT2D eigenvalue weighted by Crippen LogP contribution is -2.22. The second-order valence-electron chi connectivity index (χ2n) is 3.43. The molecule has 0 fully saturated rings. The van der Waals surface area contributed by atoms with Gasteiger partial charge >= 0.3 is 6.18 Å². The van der Waals surface area contributed by atoms with E-state index in [1.807, 2.05) is 0 Å². The molecule has 1 aromatic carbocycles. The summed E-state index contributed by atoms with van der Waals surface area (Å²) in [5.41, 5.74) is 1.33. The number of anilines is 1. The fourth-order valence-corrected chi connectivity index (χ4v) is 1.55. The Kier molecular flexibility index (Phi) is 4.81. The predicted octanol–water partition coefficient (Wildman–Crippen LogP) is 4.43. The average Bonchev–Trinajstić information content (AvgIpc) is 2.28. The highest BCUT2D eigenvalue weighted by atomic mass is 79.9. The van der Waals surface area contributed by atoms with Crippen molar-refractivity contribution in [1.29, 1.82) is 0 Å². The summed E-state index contributed by atoms with van der Waals surface area (Å²) >= 11 is 8.41. The zero-order valence-corrected chi connectivity index (χ0v) is 11.4. The summed E-state index contributed by atoms with van der Waals surface area (Å²) in [7, 11) is 0. The Morgan fingerprint density at radius 3 is 2.56 bits per heavy atom. The summed E-state index contributed by atoms with van der Waals surface area (Å²) in [6, 6.07) is 4.89. The van der Waals surface area contributed by atoms with Crippen molar-refractivity contribution in [2.75, 3.05) is 5.32 Å². The van der Waals surface area contributed by atoms with Crippen LogP contribution in [0.2, 0.25) is 5.02 Å². The Labute approximate surface area is 115 Å². The predicted molar refractivity (Wildman–Crippen MR) is 67.9 cm³/mol. The number of benzene rings is 1. The van der Waals surface area contributed by atoms with Crippen LogP contribution in [-0.2, 0) is 4.79 Å². The maximum atomic E-state index is 12.1. The first-order chi connectivity index (χ1) is 8.21. The van der Waals surface area contributed by atoms with E-state index in [2.05, 4.69) is 21.2 Å². The summed E-state index contributed by atoms with van der Waals surface area (Å²) < 4.78 is 35.6. The highest BCUT2D eigenvalue weighted by Crippen LogP contribution is 2.24. The quantitative estimate of drug-likeness (QED) is 0.824. The van der Waals surface area contributed by atoms with Crippen LogP contribution < -0.4 is 5.32 Å². The van der Waals surface area contributed by atoms with Crippen LogP contribution >= 0.6 is 27.5 Å². The minimum absolute atomic E-state index is 0.478. The number of nitrogens with one attached hydrogen (secondary N) is 1.